The molecule has 1 amide bonds. The summed E-state index contributed by atoms with van der Waals surface area (Å²) in [6.45, 7) is 9.42. The van der Waals surface area contributed by atoms with Crippen molar-refractivity contribution in [3.63, 3.8) is 0 Å². The molecule has 0 bridgehead atoms. The van der Waals surface area contributed by atoms with E-state index in [0.717, 1.165) is 16.5 Å². The second kappa shape index (κ2) is 11.3. The van der Waals surface area contributed by atoms with Crippen LogP contribution >= 0.6 is 0 Å². The number of carbonyl (C=O) groups excluding carboxylic acids is 1. The Kier molecular flexibility index (Phi) is 7.90. The molecule has 3 aromatic carbocycles. The Balaban J connectivity index is 1.56. The highest BCUT2D eigenvalue weighted by molar-refractivity contribution is 6.02. The second-order valence-corrected chi connectivity index (χ2v) is 9.95. The summed E-state index contributed by atoms with van der Waals surface area (Å²) in [5, 5.41) is 7.80. The lowest BCUT2D eigenvalue weighted by Gasteiger charge is -2.20. The van der Waals surface area contributed by atoms with Gasteiger partial charge in [-0.15, -0.1) is 0 Å². The van der Waals surface area contributed by atoms with E-state index in [-0.39, 0.29) is 6.10 Å². The second-order valence-electron chi connectivity index (χ2n) is 9.95. The Labute approximate surface area is 222 Å². The lowest BCUT2D eigenvalue weighted by Crippen LogP contribution is -2.27. The molecular weight excluding hydrogens is 482 g/mol. The maximum Gasteiger partial charge on any atom is 0.412 e. The maximum absolute atomic E-state index is 12.4. The van der Waals surface area contributed by atoms with Crippen molar-refractivity contribution in [1.29, 1.82) is 0 Å². The van der Waals surface area contributed by atoms with Crippen molar-refractivity contribution in [3.8, 4) is 23.0 Å². The largest absolute Gasteiger partial charge is 0.497 e. The summed E-state index contributed by atoms with van der Waals surface area (Å²) in [5.41, 5.74) is 0.814. The fraction of sp³-hybridized carbons (Fsp3) is 0.267. The third kappa shape index (κ3) is 7.06. The number of carbonyl (C=O) groups is 1. The number of rotatable bonds is 8. The Morgan fingerprint density at radius 3 is 2.34 bits per heavy atom. The van der Waals surface area contributed by atoms with Gasteiger partial charge in [0.2, 0.25) is 0 Å². The van der Waals surface area contributed by atoms with Crippen LogP contribution in [-0.4, -0.2) is 29.9 Å². The third-order valence-corrected chi connectivity index (χ3v) is 5.24. The van der Waals surface area contributed by atoms with Crippen LogP contribution in [0.4, 0.5) is 22.0 Å². The first-order valence-corrected chi connectivity index (χ1v) is 12.4. The monoisotopic (exact) mass is 515 g/mol. The molecule has 0 unspecified atom stereocenters. The molecule has 4 aromatic rings. The van der Waals surface area contributed by atoms with Crippen molar-refractivity contribution in [2.24, 2.45) is 0 Å². The average Bonchev–Trinajstić information content (AvgIpc) is 2.84. The van der Waals surface area contributed by atoms with Gasteiger partial charge in [0.1, 0.15) is 34.4 Å². The van der Waals surface area contributed by atoms with E-state index in [1.807, 2.05) is 89.2 Å². The van der Waals surface area contributed by atoms with Crippen LogP contribution in [0.15, 0.2) is 72.9 Å². The normalized spacial score (nSPS) is 11.2. The minimum Gasteiger partial charge on any atom is -0.497 e. The number of aromatic nitrogens is 1. The van der Waals surface area contributed by atoms with E-state index >= 15 is 0 Å². The van der Waals surface area contributed by atoms with Gasteiger partial charge in [-0.05, 0) is 52.8 Å². The first kappa shape index (κ1) is 26.6. The number of pyridine rings is 1. The van der Waals surface area contributed by atoms with Gasteiger partial charge in [-0.3, -0.25) is 5.32 Å². The number of nitrogens with zero attached hydrogens (tertiary/aromatic N) is 1. The first-order valence-electron chi connectivity index (χ1n) is 12.4. The first-order chi connectivity index (χ1) is 18.1. The van der Waals surface area contributed by atoms with E-state index in [0.29, 0.717) is 34.5 Å². The fourth-order valence-electron chi connectivity index (χ4n) is 3.80. The molecule has 0 aliphatic rings. The maximum atomic E-state index is 12.4. The van der Waals surface area contributed by atoms with E-state index in [4.69, 9.17) is 18.9 Å². The number of methoxy groups -OCH3 is 1. The van der Waals surface area contributed by atoms with Crippen molar-refractivity contribution in [3.05, 3.63) is 72.9 Å². The molecule has 0 aliphatic heterocycles. The molecule has 8 heteroatoms. The van der Waals surface area contributed by atoms with E-state index < -0.39 is 11.7 Å². The lowest BCUT2D eigenvalue weighted by atomic mass is 10.1. The van der Waals surface area contributed by atoms with E-state index in [1.165, 1.54) is 0 Å². The number of amides is 1. The number of benzene rings is 3. The molecule has 0 aliphatic carbocycles. The van der Waals surface area contributed by atoms with Gasteiger partial charge < -0.3 is 24.3 Å². The molecule has 0 spiro atoms. The molecule has 0 saturated carbocycles. The molecule has 1 aromatic heterocycles. The highest BCUT2D eigenvalue weighted by atomic mass is 16.6. The summed E-state index contributed by atoms with van der Waals surface area (Å²) in [7, 11) is 1.61. The zero-order chi connectivity index (χ0) is 27.3. The molecule has 0 atom stereocenters. The summed E-state index contributed by atoms with van der Waals surface area (Å²) < 4.78 is 22.9. The molecule has 198 valence electrons. The molecule has 2 N–H and O–H groups in total. The van der Waals surface area contributed by atoms with Crippen LogP contribution in [0.3, 0.4) is 0 Å². The van der Waals surface area contributed by atoms with Crippen LogP contribution in [0.25, 0.3) is 10.8 Å². The standard InChI is InChI=1S/C30H33N3O5/c1-19(2)36-23-16-20(15-22(17-23)35-6)32-28-18-21(13-14-31-28)37-27-12-11-26(24-9-7-8-10-25(24)27)33-29(34)38-30(3,4)5/h7-19H,1-6H3,(H,31,32)(H,33,34). The Morgan fingerprint density at radius 1 is 0.895 bits per heavy atom. The predicted molar refractivity (Wildman–Crippen MR) is 150 cm³/mol. The van der Waals surface area contributed by atoms with Crippen LogP contribution in [0.5, 0.6) is 23.0 Å². The smallest absolute Gasteiger partial charge is 0.412 e. The number of hydrogen-bond donors (Lipinski definition) is 2. The van der Waals surface area contributed by atoms with Crippen LogP contribution < -0.4 is 24.8 Å². The minimum absolute atomic E-state index is 0.0327. The Morgan fingerprint density at radius 2 is 1.63 bits per heavy atom. The molecular formula is C30H33N3O5. The Bertz CT molecular complexity index is 1430. The number of anilines is 3. The zero-order valence-electron chi connectivity index (χ0n) is 22.5. The zero-order valence-corrected chi connectivity index (χ0v) is 22.5. The topological polar surface area (TPSA) is 90.9 Å². The molecule has 1 heterocycles. The molecule has 4 rings (SSSR count). The minimum atomic E-state index is -0.593. The molecule has 0 fully saturated rings. The van der Waals surface area contributed by atoms with Crippen molar-refractivity contribution in [1.82, 2.24) is 4.98 Å². The summed E-state index contributed by atoms with van der Waals surface area (Å²) in [4.78, 5) is 16.8. The summed E-state index contributed by atoms with van der Waals surface area (Å²) in [6.07, 6.45) is 1.19. The van der Waals surface area contributed by atoms with Crippen molar-refractivity contribution < 1.29 is 23.7 Å². The quantitative estimate of drug-likeness (QED) is 0.246. The SMILES string of the molecule is COc1cc(Nc2cc(Oc3ccc(NC(=O)OC(C)(C)C)c4ccccc34)ccn2)cc(OC(C)C)c1. The highest BCUT2D eigenvalue weighted by Gasteiger charge is 2.18. The van der Waals surface area contributed by atoms with Gasteiger partial charge in [-0.25, -0.2) is 9.78 Å². The third-order valence-electron chi connectivity index (χ3n) is 5.24. The summed E-state index contributed by atoms with van der Waals surface area (Å²) >= 11 is 0. The number of fused-ring (bicyclic) bond motifs is 1. The van der Waals surface area contributed by atoms with Crippen molar-refractivity contribution >= 4 is 34.1 Å². The number of ether oxygens (including phenoxy) is 4. The van der Waals surface area contributed by atoms with E-state index in [1.54, 1.807) is 25.4 Å². The lowest BCUT2D eigenvalue weighted by molar-refractivity contribution is 0.0636. The van der Waals surface area contributed by atoms with E-state index in [9.17, 15) is 4.79 Å². The van der Waals surface area contributed by atoms with Gasteiger partial charge >= 0.3 is 6.09 Å². The molecule has 38 heavy (non-hydrogen) atoms. The fourth-order valence-corrected chi connectivity index (χ4v) is 3.80. The van der Waals surface area contributed by atoms with Gasteiger partial charge in [-0.2, -0.15) is 0 Å². The molecule has 0 saturated heterocycles. The van der Waals surface area contributed by atoms with Gasteiger partial charge in [0.25, 0.3) is 0 Å². The van der Waals surface area contributed by atoms with Crippen LogP contribution in [0.1, 0.15) is 34.6 Å². The Hall–Kier alpha value is -4.46. The van der Waals surface area contributed by atoms with Gasteiger partial charge in [-0.1, -0.05) is 24.3 Å². The average molecular weight is 516 g/mol. The molecule has 8 nitrogen and oxygen atoms in total. The highest BCUT2D eigenvalue weighted by Crippen LogP contribution is 2.35. The van der Waals surface area contributed by atoms with E-state index in [2.05, 4.69) is 15.6 Å². The summed E-state index contributed by atoms with van der Waals surface area (Å²) in [6, 6.07) is 20.5. The number of hydrogen-bond acceptors (Lipinski definition) is 7. The number of nitrogens with one attached hydrogen (secondary N) is 2. The molecule has 0 radical (unpaired) electrons. The van der Waals surface area contributed by atoms with Crippen LogP contribution in [-0.2, 0) is 4.74 Å². The van der Waals surface area contributed by atoms with Gasteiger partial charge in [0.05, 0.1) is 18.9 Å². The van der Waals surface area contributed by atoms with Crippen LogP contribution in [0, 0.1) is 0 Å². The summed E-state index contributed by atoms with van der Waals surface area (Å²) in [5.74, 6) is 3.20. The van der Waals surface area contributed by atoms with Gasteiger partial charge in [0.15, 0.2) is 0 Å². The van der Waals surface area contributed by atoms with Gasteiger partial charge in [0, 0.05) is 46.9 Å². The van der Waals surface area contributed by atoms with Crippen LogP contribution in [0.2, 0.25) is 0 Å². The van der Waals surface area contributed by atoms with Crippen molar-refractivity contribution in [2.45, 2.75) is 46.3 Å². The van der Waals surface area contributed by atoms with Crippen molar-refractivity contribution in [2.75, 3.05) is 17.7 Å². The predicted octanol–water partition coefficient (Wildman–Crippen LogP) is 7.91.